The zero-order chi connectivity index (χ0) is 15.5. The summed E-state index contributed by atoms with van der Waals surface area (Å²) in [5.74, 6) is 0.564. The Bertz CT molecular complexity index is 559. The first-order valence-electron chi connectivity index (χ1n) is 7.27. The summed E-state index contributed by atoms with van der Waals surface area (Å²) < 4.78 is 30.4. The molecule has 0 unspecified atom stereocenters. The zero-order valence-corrected chi connectivity index (χ0v) is 13.4. The molecular formula is C14H24N2O4S. The second-order valence-corrected chi connectivity index (χ2v) is 7.94. The van der Waals surface area contributed by atoms with E-state index in [1.165, 1.54) is 26.6 Å². The Morgan fingerprint density at radius 3 is 2.52 bits per heavy atom. The first-order chi connectivity index (χ1) is 9.89. The third kappa shape index (κ3) is 3.66. The van der Waals surface area contributed by atoms with Crippen LogP contribution >= 0.6 is 0 Å². The van der Waals surface area contributed by atoms with E-state index >= 15 is 0 Å². The molecule has 6 nitrogen and oxygen atoms in total. The molecule has 1 saturated carbocycles. The van der Waals surface area contributed by atoms with Gasteiger partial charge in [-0.1, -0.05) is 19.3 Å². The fraction of sp³-hybridized carbons (Fsp3) is 0.714. The third-order valence-electron chi connectivity index (χ3n) is 4.12. The van der Waals surface area contributed by atoms with Gasteiger partial charge in [0.2, 0.25) is 5.09 Å². The Morgan fingerprint density at radius 1 is 1.29 bits per heavy atom. The summed E-state index contributed by atoms with van der Waals surface area (Å²) in [6, 6.07) is 3.14. The van der Waals surface area contributed by atoms with E-state index in [0.717, 1.165) is 30.0 Å². The van der Waals surface area contributed by atoms with Gasteiger partial charge in [0.15, 0.2) is 0 Å². The van der Waals surface area contributed by atoms with E-state index in [0.29, 0.717) is 12.3 Å². The van der Waals surface area contributed by atoms with Crippen LogP contribution in [0.5, 0.6) is 0 Å². The summed E-state index contributed by atoms with van der Waals surface area (Å²) in [7, 11) is -0.589. The molecule has 0 radical (unpaired) electrons. The van der Waals surface area contributed by atoms with Crippen molar-refractivity contribution in [2.45, 2.75) is 49.3 Å². The van der Waals surface area contributed by atoms with Crippen LogP contribution in [0.2, 0.25) is 0 Å². The fourth-order valence-electron chi connectivity index (χ4n) is 2.67. The Balaban J connectivity index is 2.03. The molecule has 0 aromatic carbocycles. The zero-order valence-electron chi connectivity index (χ0n) is 12.6. The number of rotatable bonds is 6. The second-order valence-electron chi connectivity index (χ2n) is 5.86. The number of furan rings is 1. The molecule has 7 heteroatoms. The molecule has 1 aliphatic rings. The maximum Gasteiger partial charge on any atom is 0.275 e. The van der Waals surface area contributed by atoms with Crippen LogP contribution in [0.25, 0.3) is 0 Å². The third-order valence-corrected chi connectivity index (χ3v) is 5.81. The fourth-order valence-corrected chi connectivity index (χ4v) is 3.48. The van der Waals surface area contributed by atoms with Gasteiger partial charge in [0.05, 0.1) is 13.2 Å². The number of aliphatic hydroxyl groups excluding tert-OH is 1. The van der Waals surface area contributed by atoms with Gasteiger partial charge in [-0.3, -0.25) is 0 Å². The lowest BCUT2D eigenvalue weighted by Gasteiger charge is -2.36. The number of nitrogens with zero attached hydrogens (tertiary/aromatic N) is 1. The minimum atomic E-state index is -3.53. The smallest absolute Gasteiger partial charge is 0.275 e. The molecule has 21 heavy (non-hydrogen) atoms. The predicted molar refractivity (Wildman–Crippen MR) is 79.3 cm³/mol. The van der Waals surface area contributed by atoms with Gasteiger partial charge >= 0.3 is 0 Å². The molecule has 1 aromatic heterocycles. The monoisotopic (exact) mass is 316 g/mol. The lowest BCUT2D eigenvalue weighted by atomic mass is 9.82. The molecule has 0 spiro atoms. The summed E-state index contributed by atoms with van der Waals surface area (Å²) in [5.41, 5.74) is -0.258. The molecule has 2 rings (SSSR count). The van der Waals surface area contributed by atoms with Gasteiger partial charge in [0.25, 0.3) is 10.0 Å². The predicted octanol–water partition coefficient (Wildman–Crippen LogP) is 1.31. The molecule has 120 valence electrons. The first kappa shape index (κ1) is 16.5. The maximum atomic E-state index is 11.9. The van der Waals surface area contributed by atoms with Crippen molar-refractivity contribution in [3.05, 3.63) is 17.9 Å². The van der Waals surface area contributed by atoms with E-state index in [1.54, 1.807) is 6.07 Å². The summed E-state index contributed by atoms with van der Waals surface area (Å²) in [4.78, 5) is 0. The number of nitrogens with one attached hydrogen (secondary N) is 1. The first-order valence-corrected chi connectivity index (χ1v) is 8.71. The van der Waals surface area contributed by atoms with Crippen LogP contribution in [0.1, 0.15) is 37.9 Å². The molecule has 2 N–H and O–H groups in total. The highest BCUT2D eigenvalue weighted by molar-refractivity contribution is 7.88. The van der Waals surface area contributed by atoms with Crippen LogP contribution in [0, 0.1) is 0 Å². The Hall–Kier alpha value is -0.890. The normalized spacial score (nSPS) is 19.0. The SMILES string of the molecule is CN(C)S(=O)(=O)c1ccc(CNC2(CO)CCCCC2)o1. The maximum absolute atomic E-state index is 11.9. The van der Waals surface area contributed by atoms with Crippen molar-refractivity contribution < 1.29 is 17.9 Å². The van der Waals surface area contributed by atoms with Crippen molar-refractivity contribution >= 4 is 10.0 Å². The Kier molecular flexibility index (Phi) is 5.08. The molecule has 0 bridgehead atoms. The van der Waals surface area contributed by atoms with Crippen molar-refractivity contribution in [2.24, 2.45) is 0 Å². The van der Waals surface area contributed by atoms with Crippen molar-refractivity contribution in [2.75, 3.05) is 20.7 Å². The van der Waals surface area contributed by atoms with E-state index in [1.807, 2.05) is 0 Å². The second kappa shape index (κ2) is 6.48. The molecule has 0 aliphatic heterocycles. The number of hydrogen-bond donors (Lipinski definition) is 2. The quantitative estimate of drug-likeness (QED) is 0.827. The Labute approximate surface area is 126 Å². The summed E-state index contributed by atoms with van der Waals surface area (Å²) in [6.07, 6.45) is 5.29. The van der Waals surface area contributed by atoms with E-state index < -0.39 is 10.0 Å². The average Bonchev–Trinajstić information content (AvgIpc) is 2.95. The van der Waals surface area contributed by atoms with Gasteiger partial charge in [-0.2, -0.15) is 0 Å². The minimum absolute atomic E-state index is 0.0500. The van der Waals surface area contributed by atoms with Crippen LogP contribution in [0.4, 0.5) is 0 Å². The number of sulfonamides is 1. The van der Waals surface area contributed by atoms with E-state index in [4.69, 9.17) is 4.42 Å². The van der Waals surface area contributed by atoms with Gasteiger partial charge in [-0.25, -0.2) is 12.7 Å². The van der Waals surface area contributed by atoms with E-state index in [9.17, 15) is 13.5 Å². The molecule has 1 heterocycles. The minimum Gasteiger partial charge on any atom is -0.447 e. The van der Waals surface area contributed by atoms with Crippen LogP contribution in [-0.4, -0.2) is 44.1 Å². The van der Waals surface area contributed by atoms with Crippen molar-refractivity contribution in [1.82, 2.24) is 9.62 Å². The van der Waals surface area contributed by atoms with Gasteiger partial charge in [0, 0.05) is 19.6 Å². The molecule has 0 atom stereocenters. The van der Waals surface area contributed by atoms with Gasteiger partial charge in [-0.15, -0.1) is 0 Å². The summed E-state index contributed by atoms with van der Waals surface area (Å²) in [5, 5.41) is 12.9. The largest absolute Gasteiger partial charge is 0.447 e. The van der Waals surface area contributed by atoms with Crippen LogP contribution < -0.4 is 5.32 Å². The molecule has 1 fully saturated rings. The van der Waals surface area contributed by atoms with Crippen molar-refractivity contribution in [1.29, 1.82) is 0 Å². The van der Waals surface area contributed by atoms with Gasteiger partial charge in [-0.05, 0) is 25.0 Å². The highest BCUT2D eigenvalue weighted by Gasteiger charge is 2.31. The molecule has 0 saturated heterocycles. The molecular weight excluding hydrogens is 292 g/mol. The van der Waals surface area contributed by atoms with Crippen LogP contribution in [-0.2, 0) is 16.6 Å². The van der Waals surface area contributed by atoms with E-state index in [2.05, 4.69) is 5.32 Å². The lowest BCUT2D eigenvalue weighted by Crippen LogP contribution is -2.49. The summed E-state index contributed by atoms with van der Waals surface area (Å²) >= 11 is 0. The highest BCUT2D eigenvalue weighted by Crippen LogP contribution is 2.28. The van der Waals surface area contributed by atoms with E-state index in [-0.39, 0.29) is 17.2 Å². The van der Waals surface area contributed by atoms with Crippen LogP contribution in [0.3, 0.4) is 0 Å². The summed E-state index contributed by atoms with van der Waals surface area (Å²) in [6.45, 7) is 0.514. The lowest BCUT2D eigenvalue weighted by molar-refractivity contribution is 0.117. The van der Waals surface area contributed by atoms with Crippen molar-refractivity contribution in [3.8, 4) is 0 Å². The van der Waals surface area contributed by atoms with Gasteiger partial charge in [0.1, 0.15) is 5.76 Å². The molecule has 1 aromatic rings. The topological polar surface area (TPSA) is 82.8 Å². The molecule has 1 aliphatic carbocycles. The average molecular weight is 316 g/mol. The van der Waals surface area contributed by atoms with Crippen LogP contribution in [0.15, 0.2) is 21.6 Å². The highest BCUT2D eigenvalue weighted by atomic mass is 32.2. The molecule has 0 amide bonds. The van der Waals surface area contributed by atoms with Gasteiger partial charge < -0.3 is 14.8 Å². The number of aliphatic hydroxyl groups is 1. The standard InChI is InChI=1S/C14H24N2O4S/c1-16(2)21(18,19)13-7-6-12(20-13)10-15-14(11-17)8-4-3-5-9-14/h6-7,15,17H,3-5,8-11H2,1-2H3. The van der Waals surface area contributed by atoms with Crippen molar-refractivity contribution in [3.63, 3.8) is 0 Å². The Morgan fingerprint density at radius 2 is 1.95 bits per heavy atom. The number of hydrogen-bond acceptors (Lipinski definition) is 5.